The van der Waals surface area contributed by atoms with E-state index < -0.39 is 0 Å². The lowest BCUT2D eigenvalue weighted by atomic mass is 10.1. The molecule has 0 fully saturated rings. The zero-order chi connectivity index (χ0) is 8.81. The Bertz CT molecular complexity index is 192. The highest BCUT2D eigenvalue weighted by Crippen LogP contribution is 2.17. The zero-order valence-electron chi connectivity index (χ0n) is 6.80. The third-order valence-corrected chi connectivity index (χ3v) is 4.58. The molecule has 0 aromatic carbocycles. The third kappa shape index (κ3) is 3.58. The van der Waals surface area contributed by atoms with E-state index in [1.165, 1.54) is 17.7 Å². The Balaban J connectivity index is 2.25. The standard InChI is InChI=1S/C9H12Br2S/c10-6-8(7-11)3-4-9-2-1-5-12-9/h1-2,5,8H,3-4,6-7H2. The average molecular weight is 312 g/mol. The molecule has 0 nitrogen and oxygen atoms in total. The minimum Gasteiger partial charge on any atom is -0.149 e. The van der Waals surface area contributed by atoms with Crippen LogP contribution in [0.1, 0.15) is 11.3 Å². The quantitative estimate of drug-likeness (QED) is 0.719. The molecule has 0 saturated heterocycles. The fourth-order valence-corrected chi connectivity index (χ4v) is 3.44. The third-order valence-electron chi connectivity index (χ3n) is 1.82. The predicted octanol–water partition coefficient (Wildman–Crippen LogP) is 4.09. The fraction of sp³-hybridized carbons (Fsp3) is 0.556. The van der Waals surface area contributed by atoms with Gasteiger partial charge in [-0.1, -0.05) is 37.9 Å². The molecule has 1 aromatic rings. The van der Waals surface area contributed by atoms with Gasteiger partial charge in [-0.3, -0.25) is 0 Å². The predicted molar refractivity (Wildman–Crippen MR) is 63.7 cm³/mol. The van der Waals surface area contributed by atoms with E-state index in [9.17, 15) is 0 Å². The number of hydrogen-bond acceptors (Lipinski definition) is 1. The molecule has 1 rings (SSSR count). The van der Waals surface area contributed by atoms with Gasteiger partial charge in [0.15, 0.2) is 0 Å². The summed E-state index contributed by atoms with van der Waals surface area (Å²) in [7, 11) is 0. The van der Waals surface area contributed by atoms with Gasteiger partial charge < -0.3 is 0 Å². The van der Waals surface area contributed by atoms with Crippen molar-refractivity contribution in [2.24, 2.45) is 5.92 Å². The van der Waals surface area contributed by atoms with Crippen LogP contribution in [0.5, 0.6) is 0 Å². The monoisotopic (exact) mass is 310 g/mol. The molecule has 0 saturated carbocycles. The molecule has 3 heteroatoms. The molecule has 0 aliphatic rings. The van der Waals surface area contributed by atoms with Gasteiger partial charge in [0.1, 0.15) is 0 Å². The smallest absolute Gasteiger partial charge is 0.00677 e. The van der Waals surface area contributed by atoms with Crippen molar-refractivity contribution < 1.29 is 0 Å². The first kappa shape index (κ1) is 10.7. The average Bonchev–Trinajstić information content (AvgIpc) is 2.59. The number of thiophene rings is 1. The maximum Gasteiger partial charge on any atom is 0.00677 e. The molecule has 0 spiro atoms. The Kier molecular flexibility index (Phi) is 5.52. The van der Waals surface area contributed by atoms with Crippen LogP contribution in [0.2, 0.25) is 0 Å². The van der Waals surface area contributed by atoms with Gasteiger partial charge in [0.25, 0.3) is 0 Å². The van der Waals surface area contributed by atoms with E-state index in [-0.39, 0.29) is 0 Å². The first-order valence-corrected chi connectivity index (χ1v) is 7.13. The molecular formula is C9H12Br2S. The highest BCUT2D eigenvalue weighted by atomic mass is 79.9. The lowest BCUT2D eigenvalue weighted by Crippen LogP contribution is -2.04. The van der Waals surface area contributed by atoms with Crippen molar-refractivity contribution in [3.63, 3.8) is 0 Å². The van der Waals surface area contributed by atoms with E-state index in [4.69, 9.17) is 0 Å². The Morgan fingerprint density at radius 3 is 2.58 bits per heavy atom. The zero-order valence-corrected chi connectivity index (χ0v) is 10.8. The molecule has 0 aliphatic carbocycles. The SMILES string of the molecule is BrCC(CBr)CCc1cccs1. The Morgan fingerprint density at radius 2 is 2.08 bits per heavy atom. The Hall–Kier alpha value is 0.660. The van der Waals surface area contributed by atoms with Gasteiger partial charge in [-0.15, -0.1) is 11.3 Å². The van der Waals surface area contributed by atoms with Gasteiger partial charge in [0.2, 0.25) is 0 Å². The van der Waals surface area contributed by atoms with Gasteiger partial charge >= 0.3 is 0 Å². The van der Waals surface area contributed by atoms with E-state index in [2.05, 4.69) is 49.4 Å². The molecule has 12 heavy (non-hydrogen) atoms. The van der Waals surface area contributed by atoms with E-state index in [0.717, 1.165) is 16.6 Å². The van der Waals surface area contributed by atoms with Crippen LogP contribution < -0.4 is 0 Å². The molecule has 0 radical (unpaired) electrons. The van der Waals surface area contributed by atoms with Crippen molar-refractivity contribution in [2.45, 2.75) is 12.8 Å². The summed E-state index contributed by atoms with van der Waals surface area (Å²) in [6.07, 6.45) is 2.50. The second kappa shape index (κ2) is 6.17. The van der Waals surface area contributed by atoms with Gasteiger partial charge in [-0.05, 0) is 30.2 Å². The Morgan fingerprint density at radius 1 is 1.33 bits per heavy atom. The maximum atomic E-state index is 3.51. The molecule has 1 heterocycles. The van der Waals surface area contributed by atoms with E-state index >= 15 is 0 Å². The number of alkyl halides is 2. The number of rotatable bonds is 5. The van der Waals surface area contributed by atoms with Crippen LogP contribution in [0.15, 0.2) is 17.5 Å². The maximum absolute atomic E-state index is 3.51. The van der Waals surface area contributed by atoms with Crippen LogP contribution in [-0.2, 0) is 6.42 Å². The second-order valence-electron chi connectivity index (χ2n) is 2.79. The summed E-state index contributed by atoms with van der Waals surface area (Å²) < 4.78 is 0. The van der Waals surface area contributed by atoms with Crippen molar-refractivity contribution in [1.82, 2.24) is 0 Å². The molecule has 0 N–H and O–H groups in total. The summed E-state index contributed by atoms with van der Waals surface area (Å²) >= 11 is 8.88. The molecule has 68 valence electrons. The van der Waals surface area contributed by atoms with Crippen molar-refractivity contribution in [3.05, 3.63) is 22.4 Å². The Labute approximate surface area is 94.6 Å². The summed E-state index contributed by atoms with van der Waals surface area (Å²) in [5.74, 6) is 0.770. The number of aryl methyl sites for hydroxylation is 1. The van der Waals surface area contributed by atoms with E-state index in [1.54, 1.807) is 0 Å². The van der Waals surface area contributed by atoms with Crippen LogP contribution in [0.4, 0.5) is 0 Å². The van der Waals surface area contributed by atoms with Crippen molar-refractivity contribution in [3.8, 4) is 0 Å². The molecule has 0 aliphatic heterocycles. The van der Waals surface area contributed by atoms with Gasteiger partial charge in [-0.2, -0.15) is 0 Å². The molecular weight excluding hydrogens is 300 g/mol. The number of halogens is 2. The fourth-order valence-electron chi connectivity index (χ4n) is 0.997. The molecule has 0 amide bonds. The van der Waals surface area contributed by atoms with Gasteiger partial charge in [0.05, 0.1) is 0 Å². The first-order valence-electron chi connectivity index (χ1n) is 4.01. The number of hydrogen-bond donors (Lipinski definition) is 0. The summed E-state index contributed by atoms with van der Waals surface area (Å²) in [6, 6.07) is 4.33. The topological polar surface area (TPSA) is 0 Å². The van der Waals surface area contributed by atoms with Crippen LogP contribution in [-0.4, -0.2) is 10.7 Å². The highest BCUT2D eigenvalue weighted by molar-refractivity contribution is 9.09. The largest absolute Gasteiger partial charge is 0.149 e. The molecule has 0 unspecified atom stereocenters. The van der Waals surface area contributed by atoms with Crippen LogP contribution in [0, 0.1) is 5.92 Å². The summed E-state index contributed by atoms with van der Waals surface area (Å²) in [5, 5.41) is 4.35. The van der Waals surface area contributed by atoms with Crippen molar-refractivity contribution >= 4 is 43.2 Å². The van der Waals surface area contributed by atoms with Crippen LogP contribution in [0.25, 0.3) is 0 Å². The van der Waals surface area contributed by atoms with Gasteiger partial charge in [-0.25, -0.2) is 0 Å². The summed E-state index contributed by atoms with van der Waals surface area (Å²) in [5.41, 5.74) is 0. The minimum atomic E-state index is 0.770. The lowest BCUT2D eigenvalue weighted by molar-refractivity contribution is 0.616. The van der Waals surface area contributed by atoms with Gasteiger partial charge in [0, 0.05) is 15.5 Å². The second-order valence-corrected chi connectivity index (χ2v) is 5.12. The van der Waals surface area contributed by atoms with Crippen LogP contribution in [0.3, 0.4) is 0 Å². The van der Waals surface area contributed by atoms with Crippen LogP contribution >= 0.6 is 43.2 Å². The van der Waals surface area contributed by atoms with E-state index in [1.807, 2.05) is 11.3 Å². The normalized spacial score (nSPS) is 10.9. The lowest BCUT2D eigenvalue weighted by Gasteiger charge is -2.08. The summed E-state index contributed by atoms with van der Waals surface area (Å²) in [4.78, 5) is 1.50. The van der Waals surface area contributed by atoms with Crippen molar-refractivity contribution in [2.75, 3.05) is 10.7 Å². The molecule has 0 atom stereocenters. The van der Waals surface area contributed by atoms with Crippen molar-refractivity contribution in [1.29, 1.82) is 0 Å². The minimum absolute atomic E-state index is 0.770. The summed E-state index contributed by atoms with van der Waals surface area (Å²) in [6.45, 7) is 0. The van der Waals surface area contributed by atoms with E-state index in [0.29, 0.717) is 0 Å². The molecule has 0 bridgehead atoms. The molecule has 1 aromatic heterocycles. The first-order chi connectivity index (χ1) is 5.86. The highest BCUT2D eigenvalue weighted by Gasteiger charge is 2.05.